The summed E-state index contributed by atoms with van der Waals surface area (Å²) in [5, 5.41) is 3.56. The van der Waals surface area contributed by atoms with Gasteiger partial charge in [0.2, 0.25) is 0 Å². The average molecular weight is 170 g/mol. The molecule has 0 aliphatic heterocycles. The van der Waals surface area contributed by atoms with E-state index in [1.165, 1.54) is 12.8 Å². The van der Waals surface area contributed by atoms with E-state index in [1.54, 1.807) is 0 Å². The van der Waals surface area contributed by atoms with Crippen molar-refractivity contribution in [1.82, 2.24) is 10.8 Å². The lowest BCUT2D eigenvalue weighted by molar-refractivity contribution is 0.114. The first-order valence-electron chi connectivity index (χ1n) is 3.44. The molecule has 1 rings (SSSR count). The molecule has 0 saturated heterocycles. The van der Waals surface area contributed by atoms with Gasteiger partial charge >= 0.3 is 0 Å². The first kappa shape index (κ1) is 8.31. The maximum atomic E-state index is 4.95. The van der Waals surface area contributed by atoms with E-state index < -0.39 is 0 Å². The number of rotatable bonds is 3. The predicted octanol–water partition coefficient (Wildman–Crippen LogP) is 0.178. The van der Waals surface area contributed by atoms with Crippen LogP contribution >= 0.6 is 12.2 Å². The van der Waals surface area contributed by atoms with E-state index in [9.17, 15) is 0 Å². The molecule has 0 bridgehead atoms. The van der Waals surface area contributed by atoms with Gasteiger partial charge in [0.1, 0.15) is 6.61 Å². The summed E-state index contributed by atoms with van der Waals surface area (Å²) in [7, 11) is 0. The van der Waals surface area contributed by atoms with Crippen LogP contribution in [0.5, 0.6) is 0 Å². The molecule has 0 heterocycles. The third-order valence-corrected chi connectivity index (χ3v) is 1.43. The number of hydrogen-bond acceptors (Lipinski definition) is 2. The number of thiocarbonyl (C=S) groups is 1. The molecule has 0 unspecified atom stereocenters. The molecule has 0 atom stereocenters. The van der Waals surface area contributed by atoms with Gasteiger partial charge in [0.05, 0.1) is 0 Å². The summed E-state index contributed by atoms with van der Waals surface area (Å²) in [6, 6.07) is 0.546. The van der Waals surface area contributed by atoms with Crippen LogP contribution in [0.25, 0.3) is 0 Å². The first-order chi connectivity index (χ1) is 5.33. The maximum Gasteiger partial charge on any atom is 0.190 e. The predicted molar refractivity (Wildman–Crippen MR) is 46.7 cm³/mol. The first-order valence-corrected chi connectivity index (χ1v) is 3.85. The summed E-state index contributed by atoms with van der Waals surface area (Å²) >= 11 is 4.87. The van der Waals surface area contributed by atoms with E-state index in [2.05, 4.69) is 16.7 Å². The average Bonchev–Trinajstić information content (AvgIpc) is 2.72. The standard InChI is InChI=1S/C7H10N2OS/c1-2-5-10-9-7(11)8-6-3-4-6/h1,6H,3-5H2,(H2,8,9,11). The van der Waals surface area contributed by atoms with Gasteiger partial charge in [-0.15, -0.1) is 6.42 Å². The molecule has 0 spiro atoms. The van der Waals surface area contributed by atoms with E-state index >= 15 is 0 Å². The van der Waals surface area contributed by atoms with Gasteiger partial charge in [-0.1, -0.05) is 5.92 Å². The Kier molecular flexibility index (Phi) is 3.14. The zero-order valence-corrected chi connectivity index (χ0v) is 6.91. The highest BCUT2D eigenvalue weighted by molar-refractivity contribution is 7.80. The Labute approximate surface area is 71.4 Å². The number of hydrogen-bond donors (Lipinski definition) is 2. The van der Waals surface area contributed by atoms with Crippen molar-refractivity contribution in [1.29, 1.82) is 0 Å². The normalized spacial score (nSPS) is 15.2. The minimum atomic E-state index is 0.229. The zero-order chi connectivity index (χ0) is 8.10. The van der Waals surface area contributed by atoms with Crippen LogP contribution in [-0.2, 0) is 4.84 Å². The second-order valence-corrected chi connectivity index (χ2v) is 2.75. The van der Waals surface area contributed by atoms with E-state index in [0.29, 0.717) is 11.2 Å². The lowest BCUT2D eigenvalue weighted by Gasteiger charge is -2.06. The van der Waals surface area contributed by atoms with Crippen LogP contribution in [0.15, 0.2) is 0 Å². The molecular weight excluding hydrogens is 160 g/mol. The quantitative estimate of drug-likeness (QED) is 0.274. The molecule has 0 amide bonds. The lowest BCUT2D eigenvalue weighted by Crippen LogP contribution is -2.36. The van der Waals surface area contributed by atoms with Crippen molar-refractivity contribution in [3.05, 3.63) is 0 Å². The fourth-order valence-corrected chi connectivity index (χ4v) is 0.811. The maximum absolute atomic E-state index is 4.95. The molecule has 1 aliphatic carbocycles. The summed E-state index contributed by atoms with van der Waals surface area (Å²) in [5.74, 6) is 2.32. The topological polar surface area (TPSA) is 33.3 Å². The Morgan fingerprint density at radius 2 is 2.45 bits per heavy atom. The molecule has 0 aromatic heterocycles. The molecule has 1 saturated carbocycles. The molecule has 1 aliphatic rings. The summed E-state index contributed by atoms with van der Waals surface area (Å²) in [6.45, 7) is 0.229. The smallest absolute Gasteiger partial charge is 0.190 e. The minimum absolute atomic E-state index is 0.229. The van der Waals surface area contributed by atoms with Crippen LogP contribution < -0.4 is 10.8 Å². The Hall–Kier alpha value is -0.790. The minimum Gasteiger partial charge on any atom is -0.358 e. The fourth-order valence-electron chi connectivity index (χ4n) is 0.586. The summed E-state index contributed by atoms with van der Waals surface area (Å²) in [5.41, 5.74) is 2.53. The van der Waals surface area contributed by atoms with Crippen LogP contribution in [0.4, 0.5) is 0 Å². The molecule has 1 fully saturated rings. The highest BCUT2D eigenvalue weighted by Crippen LogP contribution is 2.18. The highest BCUT2D eigenvalue weighted by atomic mass is 32.1. The van der Waals surface area contributed by atoms with Gasteiger partial charge in [-0.05, 0) is 25.1 Å². The monoisotopic (exact) mass is 170 g/mol. The molecule has 2 N–H and O–H groups in total. The van der Waals surface area contributed by atoms with Crippen molar-refractivity contribution >= 4 is 17.3 Å². The second kappa shape index (κ2) is 4.16. The van der Waals surface area contributed by atoms with Gasteiger partial charge in [0, 0.05) is 6.04 Å². The van der Waals surface area contributed by atoms with Crippen LogP contribution in [0.1, 0.15) is 12.8 Å². The van der Waals surface area contributed by atoms with Crippen molar-refractivity contribution in [3.63, 3.8) is 0 Å². The molecule has 60 valence electrons. The van der Waals surface area contributed by atoms with E-state index in [4.69, 9.17) is 23.5 Å². The summed E-state index contributed by atoms with van der Waals surface area (Å²) in [6.07, 6.45) is 7.33. The van der Waals surface area contributed by atoms with Crippen molar-refractivity contribution in [2.24, 2.45) is 0 Å². The lowest BCUT2D eigenvalue weighted by atomic mass is 10.7. The summed E-state index contributed by atoms with van der Waals surface area (Å²) in [4.78, 5) is 4.78. The number of terminal acetylenes is 1. The number of nitrogens with one attached hydrogen (secondary N) is 2. The SMILES string of the molecule is C#CCONC(=S)NC1CC1. The van der Waals surface area contributed by atoms with Gasteiger partial charge in [0.25, 0.3) is 0 Å². The largest absolute Gasteiger partial charge is 0.358 e. The van der Waals surface area contributed by atoms with Crippen molar-refractivity contribution in [2.45, 2.75) is 18.9 Å². The molecular formula is C7H10N2OS. The van der Waals surface area contributed by atoms with Gasteiger partial charge in [-0.3, -0.25) is 4.84 Å². The van der Waals surface area contributed by atoms with Gasteiger partial charge < -0.3 is 5.32 Å². The highest BCUT2D eigenvalue weighted by Gasteiger charge is 2.21. The van der Waals surface area contributed by atoms with Gasteiger partial charge in [-0.25, -0.2) is 5.48 Å². The second-order valence-electron chi connectivity index (χ2n) is 2.34. The fraction of sp³-hybridized carbons (Fsp3) is 0.571. The van der Waals surface area contributed by atoms with Crippen molar-refractivity contribution < 1.29 is 4.84 Å². The van der Waals surface area contributed by atoms with Gasteiger partial charge in [-0.2, -0.15) is 0 Å². The van der Waals surface area contributed by atoms with E-state index in [0.717, 1.165) is 0 Å². The van der Waals surface area contributed by atoms with Crippen molar-refractivity contribution in [2.75, 3.05) is 6.61 Å². The zero-order valence-electron chi connectivity index (χ0n) is 6.09. The van der Waals surface area contributed by atoms with Crippen LogP contribution in [0.2, 0.25) is 0 Å². The molecule has 11 heavy (non-hydrogen) atoms. The Balaban J connectivity index is 1.97. The Bertz CT molecular complexity index is 183. The van der Waals surface area contributed by atoms with Gasteiger partial charge in [0.15, 0.2) is 5.11 Å². The molecule has 3 nitrogen and oxygen atoms in total. The van der Waals surface area contributed by atoms with E-state index in [1.807, 2.05) is 0 Å². The molecule has 0 aromatic rings. The third-order valence-electron chi connectivity index (χ3n) is 1.23. The molecule has 0 aromatic carbocycles. The number of hydroxylamine groups is 1. The Morgan fingerprint density at radius 1 is 1.73 bits per heavy atom. The van der Waals surface area contributed by atoms with Crippen LogP contribution in [0, 0.1) is 12.3 Å². The van der Waals surface area contributed by atoms with E-state index in [-0.39, 0.29) is 6.61 Å². The molecule has 0 radical (unpaired) electrons. The van der Waals surface area contributed by atoms with Crippen molar-refractivity contribution in [3.8, 4) is 12.3 Å². The molecule has 4 heteroatoms. The summed E-state index contributed by atoms with van der Waals surface area (Å²) < 4.78 is 0. The van der Waals surface area contributed by atoms with Crippen LogP contribution in [-0.4, -0.2) is 17.8 Å². The Morgan fingerprint density at radius 3 is 3.00 bits per heavy atom. The van der Waals surface area contributed by atoms with Crippen LogP contribution in [0.3, 0.4) is 0 Å². The third kappa shape index (κ3) is 3.81.